The fourth-order valence-corrected chi connectivity index (χ4v) is 2.39. The Balaban J connectivity index is 1.84. The Kier molecular flexibility index (Phi) is 3.47. The summed E-state index contributed by atoms with van der Waals surface area (Å²) in [7, 11) is 0. The standard InChI is InChI=1S/C15H17N3O3/c1-15(2)10-20-7-6-18(15)14(19)12-8-13(21-17-12)11-4-3-5-16-9-11/h3-5,8-9H,6-7,10H2,1-2H3. The highest BCUT2D eigenvalue weighted by Gasteiger charge is 2.35. The SMILES string of the molecule is CC1(C)COCCN1C(=O)c1cc(-c2cccnc2)on1. The van der Waals surface area contributed by atoms with Crippen LogP contribution in [0.15, 0.2) is 35.1 Å². The molecule has 0 spiro atoms. The average molecular weight is 287 g/mol. The third-order valence-corrected chi connectivity index (χ3v) is 3.57. The number of hydrogen-bond donors (Lipinski definition) is 0. The van der Waals surface area contributed by atoms with Crippen molar-refractivity contribution in [3.63, 3.8) is 0 Å². The summed E-state index contributed by atoms with van der Waals surface area (Å²) in [6.07, 6.45) is 3.36. The first-order valence-electron chi connectivity index (χ1n) is 6.85. The Morgan fingerprint density at radius 3 is 3.00 bits per heavy atom. The Morgan fingerprint density at radius 2 is 2.29 bits per heavy atom. The number of aromatic nitrogens is 2. The summed E-state index contributed by atoms with van der Waals surface area (Å²) < 4.78 is 10.7. The van der Waals surface area contributed by atoms with Gasteiger partial charge < -0.3 is 14.2 Å². The maximum Gasteiger partial charge on any atom is 0.276 e. The second kappa shape index (κ2) is 5.29. The molecule has 1 aliphatic rings. The maximum atomic E-state index is 12.6. The summed E-state index contributed by atoms with van der Waals surface area (Å²) >= 11 is 0. The molecule has 6 nitrogen and oxygen atoms in total. The second-order valence-electron chi connectivity index (χ2n) is 5.64. The van der Waals surface area contributed by atoms with Crippen molar-refractivity contribution in [3.8, 4) is 11.3 Å². The van der Waals surface area contributed by atoms with Gasteiger partial charge in [-0.1, -0.05) is 5.16 Å². The minimum absolute atomic E-state index is 0.137. The minimum Gasteiger partial charge on any atom is -0.377 e. The van der Waals surface area contributed by atoms with Gasteiger partial charge in [0.25, 0.3) is 5.91 Å². The van der Waals surface area contributed by atoms with E-state index in [4.69, 9.17) is 9.26 Å². The van der Waals surface area contributed by atoms with Gasteiger partial charge in [-0.3, -0.25) is 9.78 Å². The topological polar surface area (TPSA) is 68.5 Å². The van der Waals surface area contributed by atoms with E-state index in [1.54, 1.807) is 23.4 Å². The highest BCUT2D eigenvalue weighted by atomic mass is 16.5. The molecule has 2 aromatic rings. The quantitative estimate of drug-likeness (QED) is 0.845. The zero-order valence-corrected chi connectivity index (χ0v) is 12.1. The fraction of sp³-hybridized carbons (Fsp3) is 0.400. The summed E-state index contributed by atoms with van der Waals surface area (Å²) in [6, 6.07) is 5.33. The third-order valence-electron chi connectivity index (χ3n) is 3.57. The van der Waals surface area contributed by atoms with Gasteiger partial charge in [-0.15, -0.1) is 0 Å². The molecule has 3 heterocycles. The molecule has 1 aliphatic heterocycles. The van der Waals surface area contributed by atoms with Gasteiger partial charge in [0.05, 0.1) is 18.8 Å². The van der Waals surface area contributed by atoms with Crippen LogP contribution >= 0.6 is 0 Å². The lowest BCUT2D eigenvalue weighted by atomic mass is 10.0. The number of amides is 1. The van der Waals surface area contributed by atoms with Crippen LogP contribution in [0.5, 0.6) is 0 Å². The van der Waals surface area contributed by atoms with Gasteiger partial charge in [-0.25, -0.2) is 0 Å². The molecule has 2 aromatic heterocycles. The van der Waals surface area contributed by atoms with E-state index in [0.717, 1.165) is 5.56 Å². The normalized spacial score (nSPS) is 17.7. The van der Waals surface area contributed by atoms with Crippen molar-refractivity contribution in [1.82, 2.24) is 15.0 Å². The van der Waals surface area contributed by atoms with Crippen LogP contribution in [0.4, 0.5) is 0 Å². The van der Waals surface area contributed by atoms with E-state index < -0.39 is 0 Å². The van der Waals surface area contributed by atoms with Crippen LogP contribution in [0.2, 0.25) is 0 Å². The number of rotatable bonds is 2. The molecular formula is C15H17N3O3. The van der Waals surface area contributed by atoms with Gasteiger partial charge in [0.1, 0.15) is 0 Å². The molecule has 0 bridgehead atoms. The lowest BCUT2D eigenvalue weighted by Gasteiger charge is -2.41. The molecule has 0 saturated carbocycles. The van der Waals surface area contributed by atoms with E-state index >= 15 is 0 Å². The molecule has 0 aromatic carbocycles. The molecule has 0 radical (unpaired) electrons. The molecule has 21 heavy (non-hydrogen) atoms. The summed E-state index contributed by atoms with van der Waals surface area (Å²) in [5, 5.41) is 3.90. The van der Waals surface area contributed by atoms with Crippen molar-refractivity contribution in [2.75, 3.05) is 19.8 Å². The lowest BCUT2D eigenvalue weighted by molar-refractivity contribution is -0.0374. The van der Waals surface area contributed by atoms with E-state index in [9.17, 15) is 4.79 Å². The van der Waals surface area contributed by atoms with E-state index in [1.807, 2.05) is 26.0 Å². The number of carbonyl (C=O) groups is 1. The fourth-order valence-electron chi connectivity index (χ4n) is 2.39. The van der Waals surface area contributed by atoms with Gasteiger partial charge >= 0.3 is 0 Å². The van der Waals surface area contributed by atoms with E-state index in [-0.39, 0.29) is 11.4 Å². The van der Waals surface area contributed by atoms with Crippen molar-refractivity contribution in [3.05, 3.63) is 36.3 Å². The second-order valence-corrected chi connectivity index (χ2v) is 5.64. The molecule has 6 heteroatoms. The molecule has 0 N–H and O–H groups in total. The Bertz CT molecular complexity index is 637. The van der Waals surface area contributed by atoms with Crippen LogP contribution in [0.3, 0.4) is 0 Å². The maximum absolute atomic E-state index is 12.6. The van der Waals surface area contributed by atoms with E-state index in [0.29, 0.717) is 31.2 Å². The number of nitrogens with zero attached hydrogens (tertiary/aromatic N) is 3. The molecule has 1 saturated heterocycles. The van der Waals surface area contributed by atoms with Gasteiger partial charge in [0.2, 0.25) is 0 Å². The van der Waals surface area contributed by atoms with Crippen LogP contribution in [0.25, 0.3) is 11.3 Å². The number of morpholine rings is 1. The zero-order valence-electron chi connectivity index (χ0n) is 12.1. The molecule has 110 valence electrons. The zero-order chi connectivity index (χ0) is 14.9. The summed E-state index contributed by atoms with van der Waals surface area (Å²) in [5.41, 5.74) is 0.761. The third kappa shape index (κ3) is 2.67. The van der Waals surface area contributed by atoms with Crippen molar-refractivity contribution >= 4 is 5.91 Å². The molecule has 0 aliphatic carbocycles. The van der Waals surface area contributed by atoms with E-state index in [1.165, 1.54) is 0 Å². The van der Waals surface area contributed by atoms with Crippen molar-refractivity contribution in [1.29, 1.82) is 0 Å². The first-order chi connectivity index (χ1) is 10.1. The number of ether oxygens (including phenoxy) is 1. The van der Waals surface area contributed by atoms with Gasteiger partial charge in [-0.2, -0.15) is 0 Å². The predicted octanol–water partition coefficient (Wildman–Crippen LogP) is 1.99. The average Bonchev–Trinajstić information content (AvgIpc) is 2.97. The smallest absolute Gasteiger partial charge is 0.276 e. The van der Waals surface area contributed by atoms with Crippen molar-refractivity contribution in [2.45, 2.75) is 19.4 Å². The highest BCUT2D eigenvalue weighted by molar-refractivity contribution is 5.93. The first kappa shape index (κ1) is 13.8. The van der Waals surface area contributed by atoms with Gasteiger partial charge in [-0.05, 0) is 26.0 Å². The van der Waals surface area contributed by atoms with Crippen LogP contribution in [-0.2, 0) is 4.74 Å². The van der Waals surface area contributed by atoms with Crippen LogP contribution in [0.1, 0.15) is 24.3 Å². The molecule has 1 fully saturated rings. The van der Waals surface area contributed by atoms with Crippen molar-refractivity contribution in [2.24, 2.45) is 0 Å². The predicted molar refractivity (Wildman–Crippen MR) is 75.7 cm³/mol. The largest absolute Gasteiger partial charge is 0.377 e. The Morgan fingerprint density at radius 1 is 1.43 bits per heavy atom. The monoisotopic (exact) mass is 287 g/mol. The number of hydrogen-bond acceptors (Lipinski definition) is 5. The molecule has 0 atom stereocenters. The van der Waals surface area contributed by atoms with Crippen LogP contribution < -0.4 is 0 Å². The molecular weight excluding hydrogens is 270 g/mol. The Labute approximate surface area is 122 Å². The Hall–Kier alpha value is -2.21. The van der Waals surface area contributed by atoms with E-state index in [2.05, 4.69) is 10.1 Å². The highest BCUT2D eigenvalue weighted by Crippen LogP contribution is 2.24. The summed E-state index contributed by atoms with van der Waals surface area (Å²) in [4.78, 5) is 18.4. The molecule has 0 unspecified atom stereocenters. The summed E-state index contributed by atoms with van der Waals surface area (Å²) in [6.45, 7) is 5.58. The minimum atomic E-state index is -0.344. The van der Waals surface area contributed by atoms with Crippen LogP contribution in [-0.4, -0.2) is 46.2 Å². The summed E-state index contributed by atoms with van der Waals surface area (Å²) in [5.74, 6) is 0.403. The van der Waals surface area contributed by atoms with Crippen molar-refractivity contribution < 1.29 is 14.1 Å². The number of carbonyl (C=O) groups excluding carboxylic acids is 1. The van der Waals surface area contributed by atoms with Gasteiger partial charge in [0, 0.05) is 30.6 Å². The number of pyridine rings is 1. The molecule has 3 rings (SSSR count). The molecule has 1 amide bonds. The van der Waals surface area contributed by atoms with Gasteiger partial charge in [0.15, 0.2) is 11.5 Å². The lowest BCUT2D eigenvalue weighted by Crippen LogP contribution is -2.55. The van der Waals surface area contributed by atoms with Crippen LogP contribution in [0, 0.1) is 0 Å². The first-order valence-corrected chi connectivity index (χ1v) is 6.85.